The molecule has 3 N–H and O–H groups in total. The molecule has 2 fully saturated rings. The normalized spacial score (nSPS) is 15.8. The molecule has 3 aromatic rings. The van der Waals surface area contributed by atoms with Gasteiger partial charge in [0.05, 0.1) is 5.69 Å². The van der Waals surface area contributed by atoms with Crippen LogP contribution in [0.4, 0.5) is 22.7 Å². The van der Waals surface area contributed by atoms with Gasteiger partial charge in [-0.1, -0.05) is 31.5 Å². The number of rotatable bonds is 8. The Morgan fingerprint density at radius 2 is 1.59 bits per heavy atom. The van der Waals surface area contributed by atoms with Gasteiger partial charge in [0, 0.05) is 60.4 Å². The van der Waals surface area contributed by atoms with Crippen LogP contribution in [0, 0.1) is 12.8 Å². The van der Waals surface area contributed by atoms with E-state index in [2.05, 4.69) is 17.1 Å². The third-order valence-electron chi connectivity index (χ3n) is 7.46. The van der Waals surface area contributed by atoms with Crippen LogP contribution >= 0.6 is 0 Å². The second-order valence-electron chi connectivity index (χ2n) is 10.5. The molecule has 2 aliphatic rings. The molecule has 7 heteroatoms. The average Bonchev–Trinajstić information content (AvgIpc) is 3.81. The Labute approximate surface area is 230 Å². The molecule has 202 valence electrons. The maximum absolute atomic E-state index is 12.9. The molecule has 39 heavy (non-hydrogen) atoms. The fourth-order valence-electron chi connectivity index (χ4n) is 4.94. The lowest BCUT2D eigenvalue weighted by atomic mass is 10.0. The second kappa shape index (κ2) is 11.7. The van der Waals surface area contributed by atoms with Gasteiger partial charge in [0.25, 0.3) is 5.91 Å². The van der Waals surface area contributed by atoms with Gasteiger partial charge in [0.2, 0.25) is 5.91 Å². The van der Waals surface area contributed by atoms with E-state index >= 15 is 0 Å². The third kappa shape index (κ3) is 6.48. The molecule has 1 aliphatic carbocycles. The number of carbonyl (C=O) groups excluding carboxylic acids is 2. The van der Waals surface area contributed by atoms with E-state index < -0.39 is 0 Å². The van der Waals surface area contributed by atoms with Crippen molar-refractivity contribution in [2.45, 2.75) is 39.5 Å². The van der Waals surface area contributed by atoms with Gasteiger partial charge < -0.3 is 20.9 Å². The highest BCUT2D eigenvalue weighted by Crippen LogP contribution is 2.31. The number of nitrogens with two attached hydrogens (primary N) is 1. The summed E-state index contributed by atoms with van der Waals surface area (Å²) in [6.07, 6.45) is 3.90. The predicted octanol–water partition coefficient (Wildman–Crippen LogP) is 5.81. The molecule has 0 spiro atoms. The Balaban J connectivity index is 1.20. The van der Waals surface area contributed by atoms with E-state index in [9.17, 15) is 9.59 Å². The van der Waals surface area contributed by atoms with Crippen LogP contribution < -0.4 is 16.0 Å². The minimum Gasteiger partial charge on any atom is -0.399 e. The minimum atomic E-state index is -0.151. The number of aryl methyl sites for hydroxylation is 1. The van der Waals surface area contributed by atoms with Crippen LogP contribution in [0.15, 0.2) is 71.7 Å². The van der Waals surface area contributed by atoms with Gasteiger partial charge in [-0.25, -0.2) is 0 Å². The number of benzene rings is 3. The van der Waals surface area contributed by atoms with Gasteiger partial charge in [0.15, 0.2) is 0 Å². The summed E-state index contributed by atoms with van der Waals surface area (Å²) in [5.74, 6) is 0.453. The van der Waals surface area contributed by atoms with E-state index in [4.69, 9.17) is 10.7 Å². The molecule has 7 nitrogen and oxygen atoms in total. The van der Waals surface area contributed by atoms with Gasteiger partial charge >= 0.3 is 0 Å². The van der Waals surface area contributed by atoms with Crippen molar-refractivity contribution in [2.75, 3.05) is 42.1 Å². The molecule has 0 bridgehead atoms. The number of aliphatic imine (C=N–C) groups is 1. The quantitative estimate of drug-likeness (QED) is 0.288. The van der Waals surface area contributed by atoms with Crippen molar-refractivity contribution in [1.82, 2.24) is 4.90 Å². The van der Waals surface area contributed by atoms with Gasteiger partial charge in [-0.3, -0.25) is 14.6 Å². The first-order chi connectivity index (χ1) is 18.9. The fraction of sp³-hybridized carbons (Fsp3) is 0.344. The third-order valence-corrected chi connectivity index (χ3v) is 7.46. The summed E-state index contributed by atoms with van der Waals surface area (Å²) in [7, 11) is 0. The number of nitrogens with one attached hydrogen (secondary N) is 1. The summed E-state index contributed by atoms with van der Waals surface area (Å²) in [5, 5.41) is 3.00. The largest absolute Gasteiger partial charge is 0.399 e. The van der Waals surface area contributed by atoms with Crippen LogP contribution in [0.25, 0.3) is 0 Å². The second-order valence-corrected chi connectivity index (χ2v) is 10.5. The highest BCUT2D eigenvalue weighted by molar-refractivity contribution is 6.06. The van der Waals surface area contributed by atoms with Crippen molar-refractivity contribution in [2.24, 2.45) is 10.9 Å². The minimum absolute atomic E-state index is 0.151. The molecule has 0 atom stereocenters. The van der Waals surface area contributed by atoms with Crippen molar-refractivity contribution < 1.29 is 9.59 Å². The standard InChI is InChI=1S/C32H37N5O2/c1-3-4-29(35-30-21-26(33)12-5-22(30)2)23-6-8-24(9-7-23)31(38)34-27-13-15-28(16-14-27)36-17-19-37(20-18-36)32(39)25-10-11-25/h5-9,12-16,21,25H,3-4,10-11,17-20,33H2,1-2H3,(H,34,38). The first kappa shape index (κ1) is 26.5. The summed E-state index contributed by atoms with van der Waals surface area (Å²) in [6.45, 7) is 7.36. The number of hydrogen-bond donors (Lipinski definition) is 2. The Hall–Kier alpha value is -4.13. The molecule has 2 amide bonds. The maximum Gasteiger partial charge on any atom is 0.255 e. The molecule has 1 heterocycles. The summed E-state index contributed by atoms with van der Waals surface area (Å²) < 4.78 is 0. The van der Waals surface area contributed by atoms with Crippen LogP contribution in [0.2, 0.25) is 0 Å². The van der Waals surface area contributed by atoms with E-state index in [1.165, 1.54) is 0 Å². The van der Waals surface area contributed by atoms with Crippen LogP contribution in [0.1, 0.15) is 54.1 Å². The zero-order valence-corrected chi connectivity index (χ0v) is 22.8. The monoisotopic (exact) mass is 523 g/mol. The van der Waals surface area contributed by atoms with E-state index in [1.54, 1.807) is 0 Å². The zero-order chi connectivity index (χ0) is 27.4. The molecular formula is C32H37N5O2. The van der Waals surface area contributed by atoms with E-state index in [0.717, 1.165) is 85.8 Å². The lowest BCUT2D eigenvalue weighted by molar-refractivity contribution is -0.132. The molecular weight excluding hydrogens is 486 g/mol. The Kier molecular flexibility index (Phi) is 7.96. The lowest BCUT2D eigenvalue weighted by Gasteiger charge is -2.36. The highest BCUT2D eigenvalue weighted by Gasteiger charge is 2.34. The van der Waals surface area contributed by atoms with Crippen molar-refractivity contribution in [3.8, 4) is 0 Å². The zero-order valence-electron chi connectivity index (χ0n) is 22.8. The van der Waals surface area contributed by atoms with Crippen LogP contribution in [0.5, 0.6) is 0 Å². The summed E-state index contributed by atoms with van der Waals surface area (Å²) >= 11 is 0. The average molecular weight is 524 g/mol. The molecule has 5 rings (SSSR count). The summed E-state index contributed by atoms with van der Waals surface area (Å²) in [6, 6.07) is 21.3. The number of anilines is 3. The maximum atomic E-state index is 12.9. The number of carbonyl (C=O) groups is 2. The lowest BCUT2D eigenvalue weighted by Crippen LogP contribution is -2.49. The van der Waals surface area contributed by atoms with Crippen molar-refractivity contribution in [3.05, 3.63) is 83.4 Å². The van der Waals surface area contributed by atoms with Crippen LogP contribution in [-0.2, 0) is 4.79 Å². The fourth-order valence-corrected chi connectivity index (χ4v) is 4.94. The molecule has 0 aromatic heterocycles. The number of nitrogens with zero attached hydrogens (tertiary/aromatic N) is 3. The SMILES string of the molecule is CCCC(=Nc1cc(N)ccc1C)c1ccc(C(=O)Nc2ccc(N3CCN(C(=O)C4CC4)CC3)cc2)cc1. The number of amides is 2. The highest BCUT2D eigenvalue weighted by atomic mass is 16.2. The summed E-state index contributed by atoms with van der Waals surface area (Å²) in [4.78, 5) is 34.4. The Morgan fingerprint density at radius 1 is 0.923 bits per heavy atom. The van der Waals surface area contributed by atoms with Crippen LogP contribution in [0.3, 0.4) is 0 Å². The molecule has 1 saturated heterocycles. The first-order valence-corrected chi connectivity index (χ1v) is 13.9. The van der Waals surface area contributed by atoms with Crippen molar-refractivity contribution in [1.29, 1.82) is 0 Å². The predicted molar refractivity (Wildman–Crippen MR) is 159 cm³/mol. The number of nitrogen functional groups attached to an aromatic ring is 1. The first-order valence-electron chi connectivity index (χ1n) is 13.9. The Bertz CT molecular complexity index is 1350. The van der Waals surface area contributed by atoms with Gasteiger partial charge in [-0.15, -0.1) is 0 Å². The molecule has 1 saturated carbocycles. The summed E-state index contributed by atoms with van der Waals surface area (Å²) in [5.41, 5.74) is 13.0. The Morgan fingerprint density at radius 3 is 2.23 bits per heavy atom. The van der Waals surface area contributed by atoms with Gasteiger partial charge in [-0.2, -0.15) is 0 Å². The van der Waals surface area contributed by atoms with Gasteiger partial charge in [0.1, 0.15) is 0 Å². The number of piperazine rings is 1. The topological polar surface area (TPSA) is 91.0 Å². The van der Waals surface area contributed by atoms with Crippen LogP contribution in [-0.4, -0.2) is 48.6 Å². The van der Waals surface area contributed by atoms with Gasteiger partial charge in [-0.05, 0) is 85.8 Å². The molecule has 0 unspecified atom stereocenters. The van der Waals surface area contributed by atoms with E-state index in [0.29, 0.717) is 17.2 Å². The molecule has 3 aromatic carbocycles. The number of hydrogen-bond acceptors (Lipinski definition) is 5. The van der Waals surface area contributed by atoms with E-state index in [1.807, 2.05) is 78.6 Å². The van der Waals surface area contributed by atoms with Crippen molar-refractivity contribution in [3.63, 3.8) is 0 Å². The molecule has 0 radical (unpaired) electrons. The van der Waals surface area contributed by atoms with E-state index in [-0.39, 0.29) is 11.8 Å². The molecule has 1 aliphatic heterocycles. The van der Waals surface area contributed by atoms with Crippen molar-refractivity contribution >= 4 is 40.3 Å². The smallest absolute Gasteiger partial charge is 0.255 e.